The Kier molecular flexibility index (Phi) is 8.95. The molecule has 4 rings (SSSR count). The van der Waals surface area contributed by atoms with Crippen LogP contribution in [-0.2, 0) is 24.2 Å². The number of amides is 2. The summed E-state index contributed by atoms with van der Waals surface area (Å²) in [7, 11) is 0. The molecule has 0 fully saturated rings. The molecule has 38 heavy (non-hydrogen) atoms. The second-order valence-electron chi connectivity index (χ2n) is 10.2. The first-order chi connectivity index (χ1) is 18.3. The van der Waals surface area contributed by atoms with E-state index in [0.29, 0.717) is 31.6 Å². The molecule has 0 atom stereocenters. The van der Waals surface area contributed by atoms with Crippen LogP contribution in [0.2, 0.25) is 0 Å². The van der Waals surface area contributed by atoms with Crippen molar-refractivity contribution in [2.45, 2.75) is 40.2 Å². The van der Waals surface area contributed by atoms with Gasteiger partial charge >= 0.3 is 0 Å². The Hall–Kier alpha value is -3.93. The summed E-state index contributed by atoms with van der Waals surface area (Å²) >= 11 is 0. The highest BCUT2D eigenvalue weighted by Crippen LogP contribution is 2.19. The van der Waals surface area contributed by atoms with Gasteiger partial charge in [0, 0.05) is 42.3 Å². The number of hydrogen-bond acceptors (Lipinski definition) is 2. The maximum Gasteiger partial charge on any atom is 0.254 e. The van der Waals surface area contributed by atoms with Crippen LogP contribution in [0.4, 0.5) is 4.39 Å². The van der Waals surface area contributed by atoms with Gasteiger partial charge in [0.15, 0.2) is 0 Å². The highest BCUT2D eigenvalue weighted by molar-refractivity contribution is 5.96. The predicted octanol–water partition coefficient (Wildman–Crippen LogP) is 6.24. The van der Waals surface area contributed by atoms with Gasteiger partial charge in [-0.3, -0.25) is 9.59 Å². The molecule has 5 nitrogen and oxygen atoms in total. The first-order valence-corrected chi connectivity index (χ1v) is 13.3. The molecule has 0 aliphatic heterocycles. The zero-order valence-electron chi connectivity index (χ0n) is 22.4. The Bertz CT molecular complexity index is 1360. The highest BCUT2D eigenvalue weighted by Gasteiger charge is 2.23. The van der Waals surface area contributed by atoms with Crippen molar-refractivity contribution in [1.29, 1.82) is 0 Å². The molecule has 1 N–H and O–H groups in total. The van der Waals surface area contributed by atoms with E-state index in [0.717, 1.165) is 34.0 Å². The van der Waals surface area contributed by atoms with E-state index < -0.39 is 0 Å². The van der Waals surface area contributed by atoms with E-state index in [9.17, 15) is 14.0 Å². The van der Waals surface area contributed by atoms with Crippen molar-refractivity contribution in [2.24, 2.45) is 5.92 Å². The van der Waals surface area contributed by atoms with Crippen molar-refractivity contribution in [1.82, 2.24) is 14.8 Å². The summed E-state index contributed by atoms with van der Waals surface area (Å²) in [5.41, 5.74) is 4.77. The van der Waals surface area contributed by atoms with E-state index in [-0.39, 0.29) is 30.1 Å². The number of halogens is 1. The molecule has 0 aliphatic rings. The normalized spacial score (nSPS) is 11.2. The van der Waals surface area contributed by atoms with Gasteiger partial charge in [0.2, 0.25) is 5.91 Å². The summed E-state index contributed by atoms with van der Waals surface area (Å²) in [5, 5.41) is 1.13. The van der Waals surface area contributed by atoms with Crippen LogP contribution in [0.25, 0.3) is 10.9 Å². The molecule has 1 heterocycles. The number of aryl methyl sites for hydroxylation is 1. The molecule has 0 bridgehead atoms. The van der Waals surface area contributed by atoms with Crippen LogP contribution < -0.4 is 0 Å². The predicted molar refractivity (Wildman–Crippen MR) is 150 cm³/mol. The molecule has 0 aliphatic carbocycles. The van der Waals surface area contributed by atoms with Crippen molar-refractivity contribution >= 4 is 22.7 Å². The molecule has 0 saturated carbocycles. The quantitative estimate of drug-likeness (QED) is 0.258. The number of aromatic amines is 1. The van der Waals surface area contributed by atoms with Gasteiger partial charge in [0.05, 0.1) is 0 Å². The monoisotopic (exact) mass is 513 g/mol. The summed E-state index contributed by atoms with van der Waals surface area (Å²) in [6, 6.07) is 21.9. The minimum absolute atomic E-state index is 0.0123. The fourth-order valence-electron chi connectivity index (χ4n) is 4.68. The van der Waals surface area contributed by atoms with Crippen molar-refractivity contribution in [3.63, 3.8) is 0 Å². The molecule has 4 aromatic rings. The molecule has 0 radical (unpaired) electrons. The molecule has 6 heteroatoms. The summed E-state index contributed by atoms with van der Waals surface area (Å²) < 4.78 is 13.5. The zero-order chi connectivity index (χ0) is 27.1. The third-order valence-corrected chi connectivity index (χ3v) is 6.77. The molecular formula is C32H36FN3O2. The van der Waals surface area contributed by atoms with Gasteiger partial charge in [-0.2, -0.15) is 0 Å². The Morgan fingerprint density at radius 3 is 2.26 bits per heavy atom. The molecule has 0 spiro atoms. The lowest BCUT2D eigenvalue weighted by molar-refractivity contribution is -0.132. The molecule has 0 unspecified atom stereocenters. The van der Waals surface area contributed by atoms with Crippen LogP contribution in [-0.4, -0.2) is 46.2 Å². The number of aromatic nitrogens is 1. The molecule has 198 valence electrons. The van der Waals surface area contributed by atoms with Gasteiger partial charge in [-0.05, 0) is 65.8 Å². The van der Waals surface area contributed by atoms with Gasteiger partial charge in [0.1, 0.15) is 12.4 Å². The van der Waals surface area contributed by atoms with Gasteiger partial charge in [-0.1, -0.05) is 63.2 Å². The molecule has 3 aromatic carbocycles. The zero-order valence-corrected chi connectivity index (χ0v) is 22.4. The fraction of sp³-hybridized carbons (Fsp3) is 0.312. The Labute approximate surface area is 224 Å². The van der Waals surface area contributed by atoms with Crippen LogP contribution in [0.15, 0.2) is 79.0 Å². The van der Waals surface area contributed by atoms with Crippen molar-refractivity contribution in [2.75, 3.05) is 19.6 Å². The second-order valence-corrected chi connectivity index (χ2v) is 10.2. The minimum Gasteiger partial charge on any atom is -0.361 e. The first-order valence-electron chi connectivity index (χ1n) is 13.3. The van der Waals surface area contributed by atoms with Crippen LogP contribution >= 0.6 is 0 Å². The second kappa shape index (κ2) is 12.5. The fourth-order valence-corrected chi connectivity index (χ4v) is 4.68. The smallest absolute Gasteiger partial charge is 0.254 e. The number of carbonyl (C=O) groups excluding carboxylic acids is 2. The number of nitrogens with one attached hydrogen (secondary N) is 1. The summed E-state index contributed by atoms with van der Waals surface area (Å²) in [5.74, 6) is -0.381. The van der Waals surface area contributed by atoms with Crippen LogP contribution in [0.3, 0.4) is 0 Å². The van der Waals surface area contributed by atoms with Crippen LogP contribution in [0, 0.1) is 11.7 Å². The molecule has 0 saturated heterocycles. The third-order valence-electron chi connectivity index (χ3n) is 6.77. The number of fused-ring (bicyclic) bond motifs is 1. The molecule has 2 amide bonds. The van der Waals surface area contributed by atoms with E-state index >= 15 is 0 Å². The Morgan fingerprint density at radius 2 is 1.58 bits per heavy atom. The van der Waals surface area contributed by atoms with Crippen molar-refractivity contribution in [3.05, 3.63) is 107 Å². The van der Waals surface area contributed by atoms with E-state index in [4.69, 9.17) is 0 Å². The van der Waals surface area contributed by atoms with Crippen molar-refractivity contribution < 1.29 is 14.0 Å². The number of hydrogen-bond donors (Lipinski definition) is 1. The van der Waals surface area contributed by atoms with E-state index in [1.165, 1.54) is 12.1 Å². The standard InChI is InChI=1S/C32H36FN3O2/c1-4-24-9-13-26(14-10-24)32(38)36(20-23(2)3)22-31(37)35(21-25-11-15-28(33)16-12-25)18-17-27-19-34-30-8-6-5-7-29(27)30/h5-16,19,23,34H,4,17-18,20-22H2,1-3H3. The average molecular weight is 514 g/mol. The SMILES string of the molecule is CCc1ccc(C(=O)N(CC(=O)N(CCc2c[nH]c3ccccc23)Cc2ccc(F)cc2)CC(C)C)cc1. The van der Waals surface area contributed by atoms with Gasteiger partial charge in [0.25, 0.3) is 5.91 Å². The maximum absolute atomic E-state index is 13.7. The van der Waals surface area contributed by atoms with E-state index in [1.54, 1.807) is 21.9 Å². The van der Waals surface area contributed by atoms with Crippen molar-refractivity contribution in [3.8, 4) is 0 Å². The lowest BCUT2D eigenvalue weighted by Gasteiger charge is -2.29. The largest absolute Gasteiger partial charge is 0.361 e. The number of H-pyrrole nitrogens is 1. The number of para-hydroxylation sites is 1. The van der Waals surface area contributed by atoms with E-state index in [2.05, 4.69) is 18.0 Å². The van der Waals surface area contributed by atoms with Gasteiger partial charge < -0.3 is 14.8 Å². The number of benzene rings is 3. The van der Waals surface area contributed by atoms with Gasteiger partial charge in [-0.15, -0.1) is 0 Å². The Balaban J connectivity index is 1.54. The first kappa shape index (κ1) is 27.1. The minimum atomic E-state index is -0.312. The third kappa shape index (κ3) is 6.88. The number of rotatable bonds is 11. The topological polar surface area (TPSA) is 56.4 Å². The maximum atomic E-state index is 13.7. The highest BCUT2D eigenvalue weighted by atomic mass is 19.1. The Morgan fingerprint density at radius 1 is 0.895 bits per heavy atom. The van der Waals surface area contributed by atoms with Crippen LogP contribution in [0.5, 0.6) is 0 Å². The average Bonchev–Trinajstić information content (AvgIpc) is 3.34. The lowest BCUT2D eigenvalue weighted by atomic mass is 10.1. The number of carbonyl (C=O) groups is 2. The van der Waals surface area contributed by atoms with Gasteiger partial charge in [-0.25, -0.2) is 4.39 Å². The summed E-state index contributed by atoms with van der Waals surface area (Å²) in [6.07, 6.45) is 3.55. The van der Waals surface area contributed by atoms with E-state index in [1.807, 2.05) is 62.5 Å². The lowest BCUT2D eigenvalue weighted by Crippen LogP contribution is -2.44. The molecular weight excluding hydrogens is 477 g/mol. The van der Waals surface area contributed by atoms with Crippen LogP contribution in [0.1, 0.15) is 47.8 Å². The summed E-state index contributed by atoms with van der Waals surface area (Å²) in [6.45, 7) is 7.45. The number of nitrogens with zero attached hydrogens (tertiary/aromatic N) is 2. The molecule has 1 aromatic heterocycles. The summed E-state index contributed by atoms with van der Waals surface area (Å²) in [4.78, 5) is 33.9.